The van der Waals surface area contributed by atoms with Gasteiger partial charge in [0.2, 0.25) is 0 Å². The zero-order chi connectivity index (χ0) is 23.8. The Hall–Kier alpha value is -3.69. The zero-order valence-corrected chi connectivity index (χ0v) is 18.6. The van der Waals surface area contributed by atoms with E-state index < -0.39 is 34.0 Å². The van der Waals surface area contributed by atoms with E-state index in [4.69, 9.17) is 19.4 Å². The average Bonchev–Trinajstić information content (AvgIpc) is 2.84. The van der Waals surface area contributed by atoms with E-state index in [1.165, 1.54) is 43.5 Å². The molecule has 8 nitrogen and oxygen atoms in total. The van der Waals surface area contributed by atoms with Gasteiger partial charge in [-0.3, -0.25) is 9.59 Å². The van der Waals surface area contributed by atoms with Crippen molar-refractivity contribution in [2.45, 2.75) is 23.5 Å². The number of ether oxygens (including phenoxy) is 2. The molecule has 0 aliphatic heterocycles. The number of esters is 2. The number of hydrogen-bond acceptors (Lipinski definition) is 8. The van der Waals surface area contributed by atoms with E-state index >= 15 is 0 Å². The summed E-state index contributed by atoms with van der Waals surface area (Å²) in [7, 11) is -2.84. The Bertz CT molecular complexity index is 1180. The molecule has 3 rings (SSSR count). The van der Waals surface area contributed by atoms with Gasteiger partial charge in [-0.25, -0.2) is 0 Å². The molecule has 33 heavy (non-hydrogen) atoms. The molecule has 172 valence electrons. The van der Waals surface area contributed by atoms with E-state index in [1.807, 2.05) is 18.2 Å². The van der Waals surface area contributed by atoms with Crippen LogP contribution in [0.25, 0.3) is 0 Å². The van der Waals surface area contributed by atoms with Crippen LogP contribution in [0.3, 0.4) is 0 Å². The summed E-state index contributed by atoms with van der Waals surface area (Å²) in [6, 6.07) is 21.0. The van der Waals surface area contributed by atoms with Crippen molar-refractivity contribution in [2.24, 2.45) is 5.73 Å². The van der Waals surface area contributed by atoms with Crippen LogP contribution in [-0.4, -0.2) is 33.5 Å². The fraction of sp³-hybridized carbons (Fsp3) is 0.167. The lowest BCUT2D eigenvalue weighted by molar-refractivity contribution is -0.153. The van der Waals surface area contributed by atoms with Gasteiger partial charge >= 0.3 is 22.1 Å². The van der Waals surface area contributed by atoms with Crippen LogP contribution in [0.1, 0.15) is 17.0 Å². The van der Waals surface area contributed by atoms with Gasteiger partial charge in [0.25, 0.3) is 0 Å². The molecule has 0 aliphatic carbocycles. The standard InChI is InChI=1S/C24H23NO7S/c1-30-23(26)21(22(25)24(27)31-16-17-8-4-2-5-9-17)18-12-14-19(15-13-18)32-33(28,29)20-10-6-3-7-11-20/h2-15,21-22H,16,25H2,1H3. The van der Waals surface area contributed by atoms with Gasteiger partial charge in [-0.1, -0.05) is 60.7 Å². The molecule has 0 heterocycles. The second kappa shape index (κ2) is 10.8. The van der Waals surface area contributed by atoms with E-state index in [0.717, 1.165) is 5.56 Å². The van der Waals surface area contributed by atoms with Crippen LogP contribution in [0.15, 0.2) is 89.8 Å². The van der Waals surface area contributed by atoms with E-state index in [2.05, 4.69) is 0 Å². The average molecular weight is 470 g/mol. The lowest BCUT2D eigenvalue weighted by atomic mass is 9.92. The predicted octanol–water partition coefficient (Wildman–Crippen LogP) is 2.78. The predicted molar refractivity (Wildman–Crippen MR) is 120 cm³/mol. The molecule has 0 bridgehead atoms. The second-order valence-corrected chi connectivity index (χ2v) is 8.59. The Labute approximate surface area is 192 Å². The molecule has 0 radical (unpaired) electrons. The minimum absolute atomic E-state index is 0.00435. The van der Waals surface area contributed by atoms with E-state index in [-0.39, 0.29) is 17.3 Å². The molecule has 2 atom stereocenters. The second-order valence-electron chi connectivity index (χ2n) is 7.04. The fourth-order valence-electron chi connectivity index (χ4n) is 3.07. The minimum atomic E-state index is -4.02. The fourth-order valence-corrected chi connectivity index (χ4v) is 4.02. The van der Waals surface area contributed by atoms with Gasteiger partial charge in [-0.05, 0) is 35.4 Å². The lowest BCUT2D eigenvalue weighted by Crippen LogP contribution is -2.42. The summed E-state index contributed by atoms with van der Waals surface area (Å²) in [6.45, 7) is 0.00535. The van der Waals surface area contributed by atoms with Gasteiger partial charge in [0.15, 0.2) is 0 Å². The molecule has 9 heteroatoms. The summed E-state index contributed by atoms with van der Waals surface area (Å²) in [5.74, 6) is -2.63. The third-order valence-corrected chi connectivity index (χ3v) is 6.05. The van der Waals surface area contributed by atoms with Crippen molar-refractivity contribution in [2.75, 3.05) is 7.11 Å². The summed E-state index contributed by atoms with van der Waals surface area (Å²) in [4.78, 5) is 24.9. The number of rotatable bonds is 9. The first-order valence-electron chi connectivity index (χ1n) is 9.95. The number of hydrogen-bond donors (Lipinski definition) is 1. The zero-order valence-electron chi connectivity index (χ0n) is 17.8. The molecular weight excluding hydrogens is 446 g/mol. The number of methoxy groups -OCH3 is 1. The van der Waals surface area contributed by atoms with E-state index in [0.29, 0.717) is 5.56 Å². The third kappa shape index (κ3) is 6.18. The molecule has 0 amide bonds. The monoisotopic (exact) mass is 469 g/mol. The number of nitrogens with two attached hydrogens (primary N) is 1. The van der Waals surface area contributed by atoms with Gasteiger partial charge in [0, 0.05) is 0 Å². The molecule has 0 fully saturated rings. The van der Waals surface area contributed by atoms with Crippen LogP contribution in [0.2, 0.25) is 0 Å². The smallest absolute Gasteiger partial charge is 0.339 e. The molecule has 3 aromatic rings. The highest BCUT2D eigenvalue weighted by Crippen LogP contribution is 2.26. The van der Waals surface area contributed by atoms with Gasteiger partial charge in [0.05, 0.1) is 7.11 Å². The largest absolute Gasteiger partial charge is 0.468 e. The number of carbonyl (C=O) groups excluding carboxylic acids is 2. The van der Waals surface area contributed by atoms with Crippen LogP contribution >= 0.6 is 0 Å². The molecule has 3 aromatic carbocycles. The molecule has 0 saturated carbocycles. The number of benzene rings is 3. The SMILES string of the molecule is COC(=O)C(c1ccc(OS(=O)(=O)c2ccccc2)cc1)C(N)C(=O)OCc1ccccc1. The first-order chi connectivity index (χ1) is 15.8. The lowest BCUT2D eigenvalue weighted by Gasteiger charge is -2.21. The molecule has 0 spiro atoms. The van der Waals surface area contributed by atoms with E-state index in [9.17, 15) is 18.0 Å². The van der Waals surface area contributed by atoms with Crippen LogP contribution in [-0.2, 0) is 35.8 Å². The highest BCUT2D eigenvalue weighted by Gasteiger charge is 2.34. The van der Waals surface area contributed by atoms with Crippen molar-refractivity contribution in [1.82, 2.24) is 0 Å². The Kier molecular flexibility index (Phi) is 7.81. The number of carbonyl (C=O) groups is 2. The van der Waals surface area contributed by atoms with Gasteiger partial charge in [-0.2, -0.15) is 8.42 Å². The molecular formula is C24H23NO7S. The van der Waals surface area contributed by atoms with Crippen LogP contribution in [0, 0.1) is 0 Å². The normalized spacial score (nSPS) is 12.9. The van der Waals surface area contributed by atoms with Crippen molar-refractivity contribution in [3.05, 3.63) is 96.1 Å². The van der Waals surface area contributed by atoms with Crippen LogP contribution in [0.5, 0.6) is 5.75 Å². The van der Waals surface area contributed by atoms with Gasteiger partial charge in [0.1, 0.15) is 29.2 Å². The topological polar surface area (TPSA) is 122 Å². The molecule has 0 aliphatic rings. The van der Waals surface area contributed by atoms with Gasteiger partial charge in [-0.15, -0.1) is 0 Å². The van der Waals surface area contributed by atoms with Crippen molar-refractivity contribution < 1.29 is 31.7 Å². The third-order valence-electron chi connectivity index (χ3n) is 4.79. The summed E-state index contributed by atoms with van der Waals surface area (Å²) < 4.78 is 40.0. The maximum atomic E-state index is 12.5. The van der Waals surface area contributed by atoms with Gasteiger partial charge < -0.3 is 19.4 Å². The summed E-state index contributed by atoms with van der Waals surface area (Å²) >= 11 is 0. The molecule has 0 saturated heterocycles. The molecule has 2 unspecified atom stereocenters. The first kappa shape index (κ1) is 24.0. The minimum Gasteiger partial charge on any atom is -0.468 e. The Morgan fingerprint density at radius 2 is 1.42 bits per heavy atom. The van der Waals surface area contributed by atoms with E-state index in [1.54, 1.807) is 30.3 Å². The summed E-state index contributed by atoms with van der Waals surface area (Å²) in [6.07, 6.45) is 0. The highest BCUT2D eigenvalue weighted by molar-refractivity contribution is 7.87. The Morgan fingerprint density at radius 1 is 0.848 bits per heavy atom. The quantitative estimate of drug-likeness (QED) is 0.375. The first-order valence-corrected chi connectivity index (χ1v) is 11.4. The Balaban J connectivity index is 1.74. The van der Waals surface area contributed by atoms with Crippen molar-refractivity contribution >= 4 is 22.1 Å². The maximum Gasteiger partial charge on any atom is 0.339 e. The van der Waals surface area contributed by atoms with Crippen molar-refractivity contribution in [3.8, 4) is 5.75 Å². The van der Waals surface area contributed by atoms with Crippen molar-refractivity contribution in [3.63, 3.8) is 0 Å². The summed E-state index contributed by atoms with van der Waals surface area (Å²) in [5, 5.41) is 0. The molecule has 2 N–H and O–H groups in total. The highest BCUT2D eigenvalue weighted by atomic mass is 32.2. The van der Waals surface area contributed by atoms with Crippen molar-refractivity contribution in [1.29, 1.82) is 0 Å². The van der Waals surface area contributed by atoms with Crippen LogP contribution < -0.4 is 9.92 Å². The summed E-state index contributed by atoms with van der Waals surface area (Å²) in [5.41, 5.74) is 7.16. The molecule has 0 aromatic heterocycles. The Morgan fingerprint density at radius 3 is 2.00 bits per heavy atom. The van der Waals surface area contributed by atoms with Crippen LogP contribution in [0.4, 0.5) is 0 Å². The maximum absolute atomic E-state index is 12.5.